The van der Waals surface area contributed by atoms with Gasteiger partial charge in [-0.2, -0.15) is 0 Å². The van der Waals surface area contributed by atoms with Crippen LogP contribution < -0.4 is 11.3 Å². The van der Waals surface area contributed by atoms with Crippen LogP contribution in [0, 0.1) is 0 Å². The number of rotatable bonds is 6. The molecule has 0 rings (SSSR count). The van der Waals surface area contributed by atoms with Gasteiger partial charge in [-0.3, -0.25) is 0 Å². The van der Waals surface area contributed by atoms with Gasteiger partial charge in [0.2, 0.25) is 0 Å². The largest absolute Gasteiger partial charge is 0.443 e. The first kappa shape index (κ1) is 15.2. The third kappa shape index (κ3) is 7.44. The Morgan fingerprint density at radius 2 is 2.06 bits per heavy atom. The van der Waals surface area contributed by atoms with Crippen molar-refractivity contribution >= 4 is 6.09 Å². The molecular formula is C10H23N3O3. The number of hydrazine groups is 1. The van der Waals surface area contributed by atoms with E-state index in [0.717, 1.165) is 6.42 Å². The van der Waals surface area contributed by atoms with Gasteiger partial charge in [0.15, 0.2) is 0 Å². The zero-order valence-electron chi connectivity index (χ0n) is 10.6. The Balaban J connectivity index is 4.19. The predicted octanol–water partition coefficient (Wildman–Crippen LogP) is 1.03. The van der Waals surface area contributed by atoms with Crippen LogP contribution in [0.2, 0.25) is 0 Å². The molecule has 0 fully saturated rings. The van der Waals surface area contributed by atoms with Crippen molar-refractivity contribution in [2.75, 3.05) is 19.7 Å². The summed E-state index contributed by atoms with van der Waals surface area (Å²) < 4.78 is 5.22. The normalized spacial score (nSPS) is 11.3. The van der Waals surface area contributed by atoms with E-state index in [2.05, 4.69) is 10.3 Å². The minimum absolute atomic E-state index is 0.260. The van der Waals surface area contributed by atoms with E-state index in [0.29, 0.717) is 13.1 Å². The number of carbonyl (C=O) groups excluding carboxylic acids is 1. The molecule has 0 atom stereocenters. The molecular weight excluding hydrogens is 210 g/mol. The molecule has 0 saturated heterocycles. The van der Waals surface area contributed by atoms with Crippen molar-refractivity contribution in [2.45, 2.75) is 39.7 Å². The molecule has 0 aromatic heterocycles. The lowest BCUT2D eigenvalue weighted by molar-refractivity contribution is 0.00487. The highest BCUT2D eigenvalue weighted by atomic mass is 16.6. The van der Waals surface area contributed by atoms with Crippen molar-refractivity contribution in [1.82, 2.24) is 10.4 Å². The molecule has 0 aromatic carbocycles. The van der Waals surface area contributed by atoms with Crippen molar-refractivity contribution < 1.29 is 14.4 Å². The summed E-state index contributed by atoms with van der Waals surface area (Å²) in [7, 11) is 0. The summed E-state index contributed by atoms with van der Waals surface area (Å²) in [6, 6.07) is 0. The van der Waals surface area contributed by atoms with E-state index in [1.165, 1.54) is 5.01 Å². The van der Waals surface area contributed by atoms with Gasteiger partial charge in [0.1, 0.15) is 5.60 Å². The van der Waals surface area contributed by atoms with Crippen LogP contribution in [-0.2, 0) is 9.57 Å². The molecule has 6 nitrogen and oxygen atoms in total. The Bertz CT molecular complexity index is 196. The monoisotopic (exact) mass is 233 g/mol. The summed E-state index contributed by atoms with van der Waals surface area (Å²) >= 11 is 0. The van der Waals surface area contributed by atoms with Gasteiger partial charge in [-0.15, -0.1) is 0 Å². The summed E-state index contributed by atoms with van der Waals surface area (Å²) in [4.78, 5) is 16.2. The lowest BCUT2D eigenvalue weighted by atomic mass is 10.2. The Hall–Kier alpha value is -0.850. The first-order valence-electron chi connectivity index (χ1n) is 5.46. The smallest absolute Gasteiger partial charge is 0.424 e. The van der Waals surface area contributed by atoms with Crippen LogP contribution in [0.5, 0.6) is 0 Å². The van der Waals surface area contributed by atoms with E-state index in [-0.39, 0.29) is 6.61 Å². The summed E-state index contributed by atoms with van der Waals surface area (Å²) in [6.07, 6.45) is 0.501. The minimum atomic E-state index is -0.507. The van der Waals surface area contributed by atoms with Gasteiger partial charge in [0, 0.05) is 6.54 Å². The van der Waals surface area contributed by atoms with Gasteiger partial charge in [-0.25, -0.2) is 21.1 Å². The van der Waals surface area contributed by atoms with Crippen molar-refractivity contribution in [3.05, 3.63) is 0 Å². The average Bonchev–Trinajstić information content (AvgIpc) is 2.15. The average molecular weight is 233 g/mol. The van der Waals surface area contributed by atoms with E-state index in [9.17, 15) is 4.79 Å². The van der Waals surface area contributed by atoms with Crippen LogP contribution in [0.4, 0.5) is 4.79 Å². The molecule has 0 aliphatic rings. The van der Waals surface area contributed by atoms with E-state index in [4.69, 9.17) is 10.6 Å². The first-order chi connectivity index (χ1) is 7.40. The molecule has 16 heavy (non-hydrogen) atoms. The number of ether oxygens (including phenoxy) is 1. The highest BCUT2D eigenvalue weighted by Crippen LogP contribution is 2.08. The first-order valence-corrected chi connectivity index (χ1v) is 5.46. The van der Waals surface area contributed by atoms with Crippen LogP contribution in [0.1, 0.15) is 34.1 Å². The van der Waals surface area contributed by atoms with E-state index >= 15 is 0 Å². The molecule has 6 heteroatoms. The quantitative estimate of drug-likeness (QED) is 0.670. The molecule has 0 aliphatic carbocycles. The summed E-state index contributed by atoms with van der Waals surface area (Å²) in [5.41, 5.74) is 2.44. The van der Waals surface area contributed by atoms with Gasteiger partial charge < -0.3 is 9.57 Å². The van der Waals surface area contributed by atoms with Crippen LogP contribution >= 0.6 is 0 Å². The highest BCUT2D eigenvalue weighted by molar-refractivity contribution is 5.67. The lowest BCUT2D eigenvalue weighted by Crippen LogP contribution is -2.47. The second kappa shape index (κ2) is 7.43. The standard InChI is InChI=1S/C10H23N3O3/c1-5-6-12-13(7-8-15-11)9(14)16-10(2,3)4/h12H,5-8,11H2,1-4H3. The fourth-order valence-corrected chi connectivity index (χ4v) is 0.943. The number of hydrogen-bond acceptors (Lipinski definition) is 5. The SMILES string of the molecule is CCCNN(CCON)C(=O)OC(C)(C)C. The number of hydrogen-bond donors (Lipinski definition) is 2. The van der Waals surface area contributed by atoms with Gasteiger partial charge >= 0.3 is 6.09 Å². The maximum absolute atomic E-state index is 11.7. The summed E-state index contributed by atoms with van der Waals surface area (Å²) in [6.45, 7) is 8.79. The topological polar surface area (TPSA) is 76.8 Å². The third-order valence-electron chi connectivity index (χ3n) is 1.60. The molecule has 0 radical (unpaired) electrons. The molecule has 3 N–H and O–H groups in total. The van der Waals surface area contributed by atoms with Gasteiger partial charge in [0.25, 0.3) is 0 Å². The lowest BCUT2D eigenvalue weighted by Gasteiger charge is -2.27. The Labute approximate surface area is 97.0 Å². The molecule has 0 heterocycles. The second-order valence-electron chi connectivity index (χ2n) is 4.41. The molecule has 0 saturated carbocycles. The maximum Gasteiger partial charge on any atom is 0.424 e. The van der Waals surface area contributed by atoms with Crippen molar-refractivity contribution in [2.24, 2.45) is 5.90 Å². The van der Waals surface area contributed by atoms with Crippen LogP contribution in [0.15, 0.2) is 0 Å². The third-order valence-corrected chi connectivity index (χ3v) is 1.60. The molecule has 0 bridgehead atoms. The van der Waals surface area contributed by atoms with Crippen molar-refractivity contribution in [3.63, 3.8) is 0 Å². The number of carbonyl (C=O) groups is 1. The Morgan fingerprint density at radius 1 is 1.44 bits per heavy atom. The molecule has 96 valence electrons. The minimum Gasteiger partial charge on any atom is -0.443 e. The highest BCUT2D eigenvalue weighted by Gasteiger charge is 2.21. The van der Waals surface area contributed by atoms with Crippen molar-refractivity contribution in [3.8, 4) is 0 Å². The predicted molar refractivity (Wildman–Crippen MR) is 61.4 cm³/mol. The molecule has 0 aliphatic heterocycles. The van der Waals surface area contributed by atoms with Gasteiger partial charge in [-0.1, -0.05) is 6.92 Å². The van der Waals surface area contributed by atoms with Gasteiger partial charge in [-0.05, 0) is 27.2 Å². The van der Waals surface area contributed by atoms with Crippen molar-refractivity contribution in [1.29, 1.82) is 0 Å². The Morgan fingerprint density at radius 3 is 2.50 bits per heavy atom. The summed E-state index contributed by atoms with van der Waals surface area (Å²) in [5, 5.41) is 1.38. The summed E-state index contributed by atoms with van der Waals surface area (Å²) in [5.74, 6) is 4.93. The fraction of sp³-hybridized carbons (Fsp3) is 0.900. The number of nitrogens with one attached hydrogen (secondary N) is 1. The Kier molecular flexibility index (Phi) is 7.03. The zero-order valence-corrected chi connectivity index (χ0v) is 10.6. The number of amides is 1. The number of nitrogens with two attached hydrogens (primary N) is 1. The fourth-order valence-electron chi connectivity index (χ4n) is 0.943. The second-order valence-corrected chi connectivity index (χ2v) is 4.41. The zero-order chi connectivity index (χ0) is 12.6. The molecule has 0 spiro atoms. The van der Waals surface area contributed by atoms with E-state index < -0.39 is 11.7 Å². The van der Waals surface area contributed by atoms with Gasteiger partial charge in [0.05, 0.1) is 13.2 Å². The van der Waals surface area contributed by atoms with Crippen LogP contribution in [0.25, 0.3) is 0 Å². The molecule has 0 unspecified atom stereocenters. The van der Waals surface area contributed by atoms with Crippen LogP contribution in [0.3, 0.4) is 0 Å². The van der Waals surface area contributed by atoms with Crippen LogP contribution in [-0.4, -0.2) is 36.4 Å². The number of nitrogens with zero attached hydrogens (tertiary/aromatic N) is 1. The molecule has 1 amide bonds. The van der Waals surface area contributed by atoms with E-state index in [1.54, 1.807) is 0 Å². The molecule has 0 aromatic rings. The maximum atomic E-state index is 11.7. The van der Waals surface area contributed by atoms with E-state index in [1.807, 2.05) is 27.7 Å².